The molecule has 2 aliphatic rings. The fraction of sp³-hybridized carbons (Fsp3) is 0.130. The molecule has 31 heavy (non-hydrogen) atoms. The van der Waals surface area contributed by atoms with Crippen LogP contribution in [0, 0.1) is 0 Å². The number of hydrogen-bond acceptors (Lipinski definition) is 5. The summed E-state index contributed by atoms with van der Waals surface area (Å²) in [6, 6.07) is 17.1. The minimum absolute atomic E-state index is 0.00971. The standard InChI is InChI=1S/C23H20F2N4OS/c24-21(25)19-12-18(14-10-11-14)27-22(28-19)16(13-26)23(30)29-17-8-4-5-9-20(17)31-15-6-2-1-3-7-15/h1-9,12-13,21H,10-11,26H2,(H,27,28)(H,29,30). The van der Waals surface area contributed by atoms with Crippen LogP contribution in [0.4, 0.5) is 14.5 Å². The first-order valence-electron chi connectivity index (χ1n) is 9.68. The molecule has 2 aromatic rings. The van der Waals surface area contributed by atoms with Crippen molar-refractivity contribution in [3.63, 3.8) is 0 Å². The van der Waals surface area contributed by atoms with Crippen molar-refractivity contribution in [2.75, 3.05) is 5.32 Å². The van der Waals surface area contributed by atoms with E-state index >= 15 is 0 Å². The van der Waals surface area contributed by atoms with Crippen LogP contribution in [0.15, 0.2) is 104 Å². The Morgan fingerprint density at radius 2 is 1.84 bits per heavy atom. The summed E-state index contributed by atoms with van der Waals surface area (Å²) < 4.78 is 26.7. The van der Waals surface area contributed by atoms with Gasteiger partial charge in [-0.3, -0.25) is 4.79 Å². The molecule has 0 aromatic heterocycles. The molecular weight excluding hydrogens is 418 g/mol. The maximum atomic E-state index is 13.4. The lowest BCUT2D eigenvalue weighted by atomic mass is 10.1. The van der Waals surface area contributed by atoms with E-state index in [4.69, 9.17) is 5.73 Å². The smallest absolute Gasteiger partial charge is 0.278 e. The zero-order valence-electron chi connectivity index (χ0n) is 16.4. The average Bonchev–Trinajstić information content (AvgIpc) is 3.62. The molecule has 4 N–H and O–H groups in total. The van der Waals surface area contributed by atoms with Gasteiger partial charge < -0.3 is 16.4 Å². The number of aliphatic imine (C=N–C) groups is 1. The van der Waals surface area contributed by atoms with Crippen molar-refractivity contribution in [3.05, 3.63) is 89.4 Å². The largest absolute Gasteiger partial charge is 0.404 e. The van der Waals surface area contributed by atoms with E-state index in [-0.39, 0.29) is 17.1 Å². The number of nitrogens with two attached hydrogens (primary N) is 1. The summed E-state index contributed by atoms with van der Waals surface area (Å²) in [5, 5.41) is 5.38. The number of carbonyl (C=O) groups is 1. The summed E-state index contributed by atoms with van der Waals surface area (Å²) in [5.41, 5.74) is 7.44. The molecule has 0 saturated heterocycles. The number of para-hydroxylation sites is 1. The second-order valence-corrected chi connectivity index (χ2v) is 8.04. The number of halogens is 2. The number of amidine groups is 1. The Hall–Kier alpha value is -3.39. The summed E-state index contributed by atoms with van der Waals surface area (Å²) >= 11 is 1.50. The molecule has 5 nitrogen and oxygen atoms in total. The van der Waals surface area contributed by atoms with Crippen molar-refractivity contribution in [2.45, 2.75) is 29.1 Å². The monoisotopic (exact) mass is 438 g/mol. The maximum Gasteiger partial charge on any atom is 0.278 e. The van der Waals surface area contributed by atoms with Gasteiger partial charge in [0.1, 0.15) is 5.84 Å². The Kier molecular flexibility index (Phi) is 6.18. The van der Waals surface area contributed by atoms with Crippen LogP contribution in [0.5, 0.6) is 0 Å². The van der Waals surface area contributed by atoms with E-state index < -0.39 is 12.3 Å². The molecule has 1 amide bonds. The highest BCUT2D eigenvalue weighted by atomic mass is 32.2. The molecule has 0 spiro atoms. The second kappa shape index (κ2) is 9.18. The number of carbonyl (C=O) groups excluding carboxylic acids is 1. The molecular formula is C23H20F2N4OS. The van der Waals surface area contributed by atoms with Crippen molar-refractivity contribution in [3.8, 4) is 0 Å². The van der Waals surface area contributed by atoms with Crippen LogP contribution >= 0.6 is 11.8 Å². The number of hydrogen-bond donors (Lipinski definition) is 3. The second-order valence-electron chi connectivity index (χ2n) is 6.92. The van der Waals surface area contributed by atoms with Crippen molar-refractivity contribution in [1.29, 1.82) is 0 Å². The Bertz CT molecular complexity index is 1120. The van der Waals surface area contributed by atoms with Crippen LogP contribution in [0.3, 0.4) is 0 Å². The zero-order valence-corrected chi connectivity index (χ0v) is 17.3. The highest BCUT2D eigenvalue weighted by Gasteiger charge is 2.27. The first-order chi connectivity index (χ1) is 15.0. The van der Waals surface area contributed by atoms with E-state index in [0.717, 1.165) is 34.4 Å². The van der Waals surface area contributed by atoms with Crippen LogP contribution in [-0.2, 0) is 4.79 Å². The number of nitrogens with zero attached hydrogens (tertiary/aromatic N) is 1. The average molecular weight is 439 g/mol. The minimum Gasteiger partial charge on any atom is -0.404 e. The van der Waals surface area contributed by atoms with Crippen LogP contribution in [0.1, 0.15) is 12.8 Å². The number of anilines is 1. The zero-order chi connectivity index (χ0) is 21.8. The van der Waals surface area contributed by atoms with Crippen molar-refractivity contribution < 1.29 is 13.6 Å². The van der Waals surface area contributed by atoms with E-state index in [2.05, 4.69) is 15.6 Å². The van der Waals surface area contributed by atoms with Crippen molar-refractivity contribution >= 4 is 29.2 Å². The first-order valence-corrected chi connectivity index (χ1v) is 10.5. The summed E-state index contributed by atoms with van der Waals surface area (Å²) in [4.78, 5) is 19.2. The lowest BCUT2D eigenvalue weighted by Crippen LogP contribution is -2.35. The van der Waals surface area contributed by atoms with Crippen molar-refractivity contribution in [1.82, 2.24) is 5.32 Å². The molecule has 0 atom stereocenters. The maximum absolute atomic E-state index is 13.4. The molecule has 1 heterocycles. The van der Waals surface area contributed by atoms with Gasteiger partial charge in [0, 0.05) is 16.0 Å². The molecule has 1 fully saturated rings. The van der Waals surface area contributed by atoms with Gasteiger partial charge in [0.2, 0.25) is 0 Å². The van der Waals surface area contributed by atoms with Crippen LogP contribution in [-0.4, -0.2) is 18.2 Å². The normalized spacial score (nSPS) is 15.9. The Labute approximate surface area is 182 Å². The summed E-state index contributed by atoms with van der Waals surface area (Å²) in [6.45, 7) is 0. The highest BCUT2D eigenvalue weighted by molar-refractivity contribution is 7.99. The van der Waals surface area contributed by atoms with Gasteiger partial charge in [-0.25, -0.2) is 13.8 Å². The number of alkyl halides is 2. The Morgan fingerprint density at radius 1 is 1.13 bits per heavy atom. The van der Waals surface area contributed by atoms with Crippen LogP contribution < -0.4 is 16.4 Å². The van der Waals surface area contributed by atoms with E-state index in [9.17, 15) is 13.6 Å². The van der Waals surface area contributed by atoms with E-state index in [1.807, 2.05) is 42.5 Å². The predicted octanol–water partition coefficient (Wildman–Crippen LogP) is 4.82. The van der Waals surface area contributed by atoms with Gasteiger partial charge in [-0.15, -0.1) is 0 Å². The van der Waals surface area contributed by atoms with Gasteiger partial charge in [-0.1, -0.05) is 42.1 Å². The van der Waals surface area contributed by atoms with Gasteiger partial charge in [-0.2, -0.15) is 0 Å². The van der Waals surface area contributed by atoms with Gasteiger partial charge in [0.05, 0.1) is 22.7 Å². The molecule has 8 heteroatoms. The molecule has 1 saturated carbocycles. The third-order valence-corrected chi connectivity index (χ3v) is 5.74. The van der Waals surface area contributed by atoms with E-state index in [0.29, 0.717) is 11.4 Å². The molecule has 1 aliphatic carbocycles. The highest BCUT2D eigenvalue weighted by Crippen LogP contribution is 2.35. The summed E-state index contributed by atoms with van der Waals surface area (Å²) in [6.07, 6.45) is 1.32. The first kappa shape index (κ1) is 20.9. The van der Waals surface area contributed by atoms with Gasteiger partial charge >= 0.3 is 0 Å². The topological polar surface area (TPSA) is 79.5 Å². The lowest BCUT2D eigenvalue weighted by Gasteiger charge is -2.20. The van der Waals surface area contributed by atoms with Gasteiger partial charge in [-0.05, 0) is 48.8 Å². The predicted molar refractivity (Wildman–Crippen MR) is 119 cm³/mol. The molecule has 0 unspecified atom stereocenters. The van der Waals surface area contributed by atoms with Crippen LogP contribution in [0.25, 0.3) is 0 Å². The summed E-state index contributed by atoms with van der Waals surface area (Å²) in [7, 11) is 0. The number of benzene rings is 2. The van der Waals surface area contributed by atoms with E-state index in [1.165, 1.54) is 17.8 Å². The lowest BCUT2D eigenvalue weighted by molar-refractivity contribution is -0.112. The third kappa shape index (κ3) is 5.03. The molecule has 2 aromatic carbocycles. The quantitative estimate of drug-likeness (QED) is 0.565. The Morgan fingerprint density at radius 3 is 2.52 bits per heavy atom. The summed E-state index contributed by atoms with van der Waals surface area (Å²) in [5.74, 6) is -0.522. The molecule has 1 aliphatic heterocycles. The van der Waals surface area contributed by atoms with Crippen LogP contribution in [0.2, 0.25) is 0 Å². The fourth-order valence-corrected chi connectivity index (χ4v) is 3.89. The number of amides is 1. The Balaban J connectivity index is 1.57. The third-order valence-electron chi connectivity index (χ3n) is 4.66. The van der Waals surface area contributed by atoms with E-state index in [1.54, 1.807) is 12.1 Å². The molecule has 158 valence electrons. The molecule has 0 bridgehead atoms. The van der Waals surface area contributed by atoms with Gasteiger partial charge in [0.25, 0.3) is 12.3 Å². The van der Waals surface area contributed by atoms with Gasteiger partial charge in [0.15, 0.2) is 0 Å². The molecule has 4 rings (SSSR count). The minimum atomic E-state index is -2.72. The molecule has 0 radical (unpaired) electrons. The number of rotatable bonds is 6. The number of allylic oxidation sites excluding steroid dienone is 3. The van der Waals surface area contributed by atoms with Crippen molar-refractivity contribution in [2.24, 2.45) is 10.7 Å². The fourth-order valence-electron chi connectivity index (χ4n) is 2.97. The SMILES string of the molecule is NC=C(C(=O)Nc1ccccc1Sc1ccccc1)C1=NC(=C2CC2)C=C(C(F)F)N1. The number of nitrogens with one attached hydrogen (secondary N) is 2.